The number of hydrogen-bond donors (Lipinski definition) is 2. The molecular formula is C10H18INO4. The molecule has 0 aromatic carbocycles. The van der Waals surface area contributed by atoms with E-state index >= 15 is 0 Å². The summed E-state index contributed by atoms with van der Waals surface area (Å²) in [6, 6.07) is 0. The Morgan fingerprint density at radius 1 is 1.50 bits per heavy atom. The summed E-state index contributed by atoms with van der Waals surface area (Å²) >= 11 is 1.46. The molecule has 2 amide bonds. The van der Waals surface area contributed by atoms with Gasteiger partial charge < -0.3 is 9.84 Å². The molecule has 0 bridgehead atoms. The second-order valence-corrected chi connectivity index (χ2v) is 5.08. The van der Waals surface area contributed by atoms with Crippen molar-refractivity contribution in [2.45, 2.75) is 45.3 Å². The van der Waals surface area contributed by atoms with Crippen LogP contribution in [-0.2, 0) is 9.53 Å². The van der Waals surface area contributed by atoms with Crippen LogP contribution in [0, 0.1) is 0 Å². The number of aliphatic hydroxyl groups is 1. The second-order valence-electron chi connectivity index (χ2n) is 4.10. The van der Waals surface area contributed by atoms with Crippen LogP contribution in [0.4, 0.5) is 4.79 Å². The molecule has 1 unspecified atom stereocenters. The van der Waals surface area contributed by atoms with Crippen LogP contribution in [0.3, 0.4) is 0 Å². The summed E-state index contributed by atoms with van der Waals surface area (Å²) in [5.74, 6) is -0.496. The number of nitrogens with one attached hydrogen (secondary N) is 1. The molecule has 0 saturated carbocycles. The molecule has 94 valence electrons. The predicted octanol–water partition coefficient (Wildman–Crippen LogP) is 1.61. The van der Waals surface area contributed by atoms with E-state index < -0.39 is 15.9 Å². The highest BCUT2D eigenvalue weighted by Gasteiger charge is 2.19. The van der Waals surface area contributed by atoms with E-state index in [9.17, 15) is 14.7 Å². The third-order valence-corrected chi connectivity index (χ3v) is 2.45. The number of amides is 2. The van der Waals surface area contributed by atoms with E-state index in [1.807, 2.05) is 20.8 Å². The third-order valence-electron chi connectivity index (χ3n) is 2.18. The average molecular weight is 343 g/mol. The van der Waals surface area contributed by atoms with E-state index in [4.69, 9.17) is 4.74 Å². The van der Waals surface area contributed by atoms with Gasteiger partial charge in [0.05, 0.1) is 24.7 Å². The summed E-state index contributed by atoms with van der Waals surface area (Å²) in [6.07, 6.45) is -0.200. The quantitative estimate of drug-likeness (QED) is 0.437. The minimum Gasteiger partial charge on any atom is -0.390 e. The molecule has 6 heteroatoms. The normalized spacial score (nSPS) is 13.3. The van der Waals surface area contributed by atoms with Gasteiger partial charge in [0.25, 0.3) is 3.91 Å². The van der Waals surface area contributed by atoms with Crippen LogP contribution < -0.4 is 5.32 Å². The molecule has 5 nitrogen and oxygen atoms in total. The van der Waals surface area contributed by atoms with Gasteiger partial charge in [0.1, 0.15) is 0 Å². The summed E-state index contributed by atoms with van der Waals surface area (Å²) in [5.41, 5.74) is -0.309. The van der Waals surface area contributed by atoms with Crippen molar-refractivity contribution in [3.05, 3.63) is 0 Å². The number of carbonyl (C=O) groups excluding carboxylic acids is 2. The lowest BCUT2D eigenvalue weighted by Crippen LogP contribution is -2.33. The van der Waals surface area contributed by atoms with E-state index in [-0.39, 0.29) is 18.6 Å². The highest BCUT2D eigenvalue weighted by Crippen LogP contribution is 2.14. The maximum absolute atomic E-state index is 11.1. The van der Waals surface area contributed by atoms with Crippen molar-refractivity contribution in [2.24, 2.45) is 0 Å². The van der Waals surface area contributed by atoms with Gasteiger partial charge in [-0.1, -0.05) is 6.92 Å². The van der Waals surface area contributed by atoms with Crippen molar-refractivity contribution >= 4 is 32.4 Å². The Kier molecular flexibility index (Phi) is 7.09. The molecule has 0 saturated heterocycles. The first-order chi connectivity index (χ1) is 7.26. The van der Waals surface area contributed by atoms with Crippen molar-refractivity contribution in [3.63, 3.8) is 0 Å². The number of imide groups is 1. The first kappa shape index (κ1) is 15.8. The van der Waals surface area contributed by atoms with Gasteiger partial charge in [0, 0.05) is 22.6 Å². The second kappa shape index (κ2) is 7.18. The number of ether oxygens (including phenoxy) is 1. The van der Waals surface area contributed by atoms with Crippen LogP contribution in [0.1, 0.15) is 33.6 Å². The number of halogens is 1. The molecule has 16 heavy (non-hydrogen) atoms. The summed E-state index contributed by atoms with van der Waals surface area (Å²) < 4.78 is 4.98. The van der Waals surface area contributed by atoms with Gasteiger partial charge in [-0.05, 0) is 20.3 Å². The molecular weight excluding hydrogens is 325 g/mol. The van der Waals surface area contributed by atoms with Crippen LogP contribution in [-0.4, -0.2) is 33.2 Å². The Bertz CT molecular complexity index is 255. The number of hydrogen-bond acceptors (Lipinski definition) is 4. The standard InChI is InChI=1S/C10H18INO4/c1-4-10(2,3)16-6-7(13)5-8(14)12-9(11)15/h7,13H,4-6H2,1-3H3,(H,12,14,15). The molecule has 0 spiro atoms. The Morgan fingerprint density at radius 2 is 2.06 bits per heavy atom. The zero-order chi connectivity index (χ0) is 12.8. The highest BCUT2D eigenvalue weighted by molar-refractivity contribution is 14.1. The summed E-state index contributed by atoms with van der Waals surface area (Å²) in [7, 11) is 0. The van der Waals surface area contributed by atoms with Gasteiger partial charge in [-0.15, -0.1) is 0 Å². The van der Waals surface area contributed by atoms with E-state index in [1.54, 1.807) is 0 Å². The first-order valence-electron chi connectivity index (χ1n) is 5.08. The summed E-state index contributed by atoms with van der Waals surface area (Å²) in [5, 5.41) is 11.6. The number of aliphatic hydroxyl groups excluding tert-OH is 1. The maximum Gasteiger partial charge on any atom is 0.287 e. The minimum atomic E-state index is -0.887. The van der Waals surface area contributed by atoms with Gasteiger partial charge in [-0.3, -0.25) is 14.9 Å². The van der Waals surface area contributed by atoms with Crippen LogP contribution in [0.5, 0.6) is 0 Å². The number of rotatable bonds is 6. The first-order valence-corrected chi connectivity index (χ1v) is 6.16. The Balaban J connectivity index is 3.86. The van der Waals surface area contributed by atoms with Crippen LogP contribution in [0.25, 0.3) is 0 Å². The van der Waals surface area contributed by atoms with E-state index in [0.29, 0.717) is 0 Å². The van der Waals surface area contributed by atoms with Crippen LogP contribution >= 0.6 is 22.6 Å². The van der Waals surface area contributed by atoms with Crippen molar-refractivity contribution in [1.82, 2.24) is 5.32 Å². The SMILES string of the molecule is CCC(C)(C)OCC(O)CC(=O)NC(=O)I. The monoisotopic (exact) mass is 343 g/mol. The fraction of sp³-hybridized carbons (Fsp3) is 0.800. The molecule has 0 fully saturated rings. The molecule has 0 radical (unpaired) electrons. The maximum atomic E-state index is 11.1. The fourth-order valence-corrected chi connectivity index (χ4v) is 1.16. The smallest absolute Gasteiger partial charge is 0.287 e. The molecule has 0 aliphatic carbocycles. The fourth-order valence-electron chi connectivity index (χ4n) is 0.857. The lowest BCUT2D eigenvalue weighted by Gasteiger charge is -2.25. The van der Waals surface area contributed by atoms with E-state index in [1.165, 1.54) is 22.6 Å². The van der Waals surface area contributed by atoms with Gasteiger partial charge in [-0.2, -0.15) is 0 Å². The topological polar surface area (TPSA) is 75.6 Å². The van der Waals surface area contributed by atoms with Gasteiger partial charge >= 0.3 is 0 Å². The molecule has 0 aliphatic heterocycles. The average Bonchev–Trinajstić information content (AvgIpc) is 2.13. The van der Waals surface area contributed by atoms with Crippen molar-refractivity contribution in [3.8, 4) is 0 Å². The van der Waals surface area contributed by atoms with E-state index in [0.717, 1.165) is 6.42 Å². The molecule has 0 aliphatic rings. The molecule has 0 rings (SSSR count). The zero-order valence-electron chi connectivity index (χ0n) is 9.75. The third kappa shape index (κ3) is 8.00. The van der Waals surface area contributed by atoms with Gasteiger partial charge in [0.2, 0.25) is 5.91 Å². The summed E-state index contributed by atoms with van der Waals surface area (Å²) in [4.78, 5) is 21.6. The Hall–Kier alpha value is -0.210. The van der Waals surface area contributed by atoms with Crippen LogP contribution in [0.2, 0.25) is 0 Å². The molecule has 0 heterocycles. The Morgan fingerprint density at radius 3 is 2.50 bits per heavy atom. The Labute approximate surface area is 109 Å². The zero-order valence-corrected chi connectivity index (χ0v) is 11.9. The lowest BCUT2D eigenvalue weighted by atomic mass is 10.1. The van der Waals surface area contributed by atoms with Gasteiger partial charge in [0.15, 0.2) is 0 Å². The minimum absolute atomic E-state index is 0.0870. The molecule has 2 N–H and O–H groups in total. The van der Waals surface area contributed by atoms with Gasteiger partial charge in [-0.25, -0.2) is 0 Å². The van der Waals surface area contributed by atoms with Crippen molar-refractivity contribution in [1.29, 1.82) is 0 Å². The molecule has 0 aromatic heterocycles. The lowest BCUT2D eigenvalue weighted by molar-refractivity contribution is -0.124. The van der Waals surface area contributed by atoms with Crippen molar-refractivity contribution in [2.75, 3.05) is 6.61 Å². The largest absolute Gasteiger partial charge is 0.390 e. The van der Waals surface area contributed by atoms with Crippen LogP contribution in [0.15, 0.2) is 0 Å². The van der Waals surface area contributed by atoms with E-state index in [2.05, 4.69) is 5.32 Å². The van der Waals surface area contributed by atoms with Crippen molar-refractivity contribution < 1.29 is 19.4 Å². The molecule has 0 aromatic rings. The predicted molar refractivity (Wildman–Crippen MR) is 68.5 cm³/mol. The number of carbonyl (C=O) groups is 2. The highest BCUT2D eigenvalue weighted by atomic mass is 127. The summed E-state index contributed by atoms with van der Waals surface area (Å²) in [6.45, 7) is 5.89. The molecule has 1 atom stereocenters.